The van der Waals surface area contributed by atoms with Crippen molar-refractivity contribution in [3.63, 3.8) is 0 Å². The predicted molar refractivity (Wildman–Crippen MR) is 319 cm³/mol. The number of carbonyl (C=O) groups excluding carboxylic acids is 8. The van der Waals surface area contributed by atoms with E-state index in [9.17, 15) is 42.8 Å². The minimum atomic E-state index is -1.45. The Morgan fingerprint density at radius 3 is 1.15 bits per heavy atom. The van der Waals surface area contributed by atoms with Crippen LogP contribution in [0.15, 0.2) is 62.4 Å². The normalized spacial score (nSPS) is 20.0. The fourth-order valence-electron chi connectivity index (χ4n) is 8.80. The fourth-order valence-corrected chi connectivity index (χ4v) is 8.80. The smallest absolute Gasteiger partial charge is 0.243 e. The van der Waals surface area contributed by atoms with Crippen LogP contribution in [0.25, 0.3) is 10.8 Å². The van der Waals surface area contributed by atoms with E-state index in [1.54, 1.807) is 18.7 Å². The molecule has 0 spiro atoms. The first-order chi connectivity index (χ1) is 41.7. The predicted octanol–water partition coefficient (Wildman–Crippen LogP) is -3.17. The molecule has 87 heavy (non-hydrogen) atoms. The lowest BCUT2D eigenvalue weighted by molar-refractivity contribution is -0.136. The highest BCUT2D eigenvalue weighted by Crippen LogP contribution is 2.18. The molecule has 0 aliphatic carbocycles. The molecule has 8 amide bonds. The average molecular weight is 1240 g/mol. The number of nitrogens with one attached hydrogen (secondary N) is 10. The summed E-state index contributed by atoms with van der Waals surface area (Å²) in [5, 5.41) is 26.3. The van der Waals surface area contributed by atoms with Crippen LogP contribution in [0.5, 0.6) is 0 Å². The molecular weight excluding hydrogens is 1160 g/mol. The highest BCUT2D eigenvalue weighted by Gasteiger charge is 2.35. The zero-order chi connectivity index (χ0) is 65.1. The summed E-state index contributed by atoms with van der Waals surface area (Å²) >= 11 is 0. The number of rotatable bonds is 28. The Kier molecular flexibility index (Phi) is 39.0. The molecule has 1 aliphatic rings. The van der Waals surface area contributed by atoms with E-state index in [2.05, 4.69) is 67.8 Å². The second kappa shape index (κ2) is 44.6. The van der Waals surface area contributed by atoms with Gasteiger partial charge < -0.3 is 93.7 Å². The number of unbranched alkanes of at least 4 members (excludes halogenated alkanes) is 2. The van der Waals surface area contributed by atoms with Crippen LogP contribution in [0.1, 0.15) is 95.5 Å². The molecule has 3 rings (SSSR count). The van der Waals surface area contributed by atoms with Gasteiger partial charge in [-0.15, -0.1) is 4.48 Å². The maximum atomic E-state index is 14.9. The molecule has 1 aliphatic heterocycles. The summed E-state index contributed by atoms with van der Waals surface area (Å²) in [7, 11) is 1.75. The number of amides is 8. The number of hydrogen-bond donors (Lipinski definition) is 18. The van der Waals surface area contributed by atoms with E-state index in [0.717, 1.165) is 10.8 Å². The third-order valence-corrected chi connectivity index (χ3v) is 13.1. The molecule has 0 bridgehead atoms. The molecule has 0 radical (unpaired) electrons. The largest absolute Gasteiger partial charge is 0.370 e. The number of halogens is 5. The maximum absolute atomic E-state index is 14.9. The zero-order valence-electron chi connectivity index (χ0n) is 48.7. The number of carbonyl (C=O) groups is 8. The summed E-state index contributed by atoms with van der Waals surface area (Å²) in [6.07, 6.45) is 1.45. The van der Waals surface area contributed by atoms with Crippen molar-refractivity contribution in [1.29, 1.82) is 0 Å². The minimum absolute atomic E-state index is 0.0242. The van der Waals surface area contributed by atoms with E-state index in [1.807, 2.05) is 36.4 Å². The van der Waals surface area contributed by atoms with Crippen LogP contribution in [0.2, 0.25) is 0 Å². The fraction of sp³-hybridized carbons (Fsp3) is 0.577. The molecule has 2 aromatic carbocycles. The lowest BCUT2D eigenvalue weighted by atomic mass is 9.99. The lowest BCUT2D eigenvalue weighted by Gasteiger charge is -2.28. The number of benzene rings is 2. The van der Waals surface area contributed by atoms with Gasteiger partial charge in [-0.1, -0.05) is 42.5 Å². The summed E-state index contributed by atoms with van der Waals surface area (Å²) in [4.78, 5) is 131. The van der Waals surface area contributed by atoms with Gasteiger partial charge in [-0.25, -0.2) is 0 Å². The second-order valence-corrected chi connectivity index (χ2v) is 19.9. The van der Waals surface area contributed by atoms with E-state index in [4.69, 9.17) is 64.2 Å². The quantitative estimate of drug-likeness (QED) is 0.0131. The summed E-state index contributed by atoms with van der Waals surface area (Å²) in [5.41, 5.74) is 46.7. The number of hydrogen-bond acceptors (Lipinski definition) is 14. The van der Waals surface area contributed by atoms with E-state index in [-0.39, 0.29) is 140 Å². The molecule has 7 unspecified atom stereocenters. The molecule has 1 heterocycles. The first-order valence-electron chi connectivity index (χ1n) is 28.1. The van der Waals surface area contributed by atoms with Crippen molar-refractivity contribution >= 4 is 81.9 Å². The Hall–Kier alpha value is -8.89. The first-order valence-corrected chi connectivity index (χ1v) is 28.1. The van der Waals surface area contributed by atoms with Crippen molar-refractivity contribution in [2.24, 2.45) is 65.8 Å². The molecule has 35 heteroatoms. The highest BCUT2D eigenvalue weighted by molar-refractivity contribution is 5.98. The van der Waals surface area contributed by atoms with Gasteiger partial charge in [0.1, 0.15) is 42.3 Å². The van der Waals surface area contributed by atoms with Gasteiger partial charge in [0.15, 0.2) is 23.8 Å². The van der Waals surface area contributed by atoms with E-state index in [0.29, 0.717) is 24.9 Å². The van der Waals surface area contributed by atoms with Crippen LogP contribution in [0.4, 0.5) is 22.8 Å². The second-order valence-electron chi connectivity index (χ2n) is 19.9. The minimum Gasteiger partial charge on any atom is -0.370 e. The van der Waals surface area contributed by atoms with Crippen molar-refractivity contribution < 1.29 is 61.1 Å². The topological polar surface area (TPSA) is 514 Å². The molecule has 0 saturated carbocycles. The van der Waals surface area contributed by atoms with Gasteiger partial charge in [0, 0.05) is 57.4 Å². The number of nitrogens with two attached hydrogens (primary N) is 8. The molecule has 26 N–H and O–H groups in total. The molecule has 30 nitrogen and oxygen atoms in total. The average Bonchev–Trinajstić information content (AvgIpc) is 2.36. The number of fused-ring (bicyclic) bond motifs is 1. The van der Waals surface area contributed by atoms with Crippen molar-refractivity contribution in [3.05, 3.63) is 48.0 Å². The van der Waals surface area contributed by atoms with Crippen LogP contribution in [-0.2, 0) is 44.8 Å². The van der Waals surface area contributed by atoms with Gasteiger partial charge in [0.2, 0.25) is 47.3 Å². The third kappa shape index (κ3) is 32.3. The van der Waals surface area contributed by atoms with E-state index in [1.165, 1.54) is 0 Å². The van der Waals surface area contributed by atoms with Crippen LogP contribution in [0.3, 0.4) is 0 Å². The lowest BCUT2D eigenvalue weighted by Crippen LogP contribution is -2.61. The summed E-state index contributed by atoms with van der Waals surface area (Å²) in [5.74, 6) is -7.55. The Morgan fingerprint density at radius 2 is 0.770 bits per heavy atom. The molecule has 1 saturated heterocycles. The third-order valence-electron chi connectivity index (χ3n) is 13.1. The van der Waals surface area contributed by atoms with Crippen LogP contribution in [-0.4, -0.2) is 166 Å². The van der Waals surface area contributed by atoms with Crippen molar-refractivity contribution in [2.75, 3.05) is 52.9 Å². The molecule has 2 aromatic rings. The molecule has 488 valence electrons. The Morgan fingerprint density at radius 1 is 0.437 bits per heavy atom. The van der Waals surface area contributed by atoms with Gasteiger partial charge in [-0.05, 0) is 120 Å². The Bertz CT molecular complexity index is 2550. The van der Waals surface area contributed by atoms with E-state index < -0.39 is 96.1 Å². The van der Waals surface area contributed by atoms with E-state index >= 15 is 0 Å². The highest BCUT2D eigenvalue weighted by atomic mass is 20.0. The van der Waals surface area contributed by atoms with Crippen molar-refractivity contribution in [3.8, 4) is 0 Å². The summed E-state index contributed by atoms with van der Waals surface area (Å²) in [6, 6.07) is 3.23. The SMILES string of the molecule is CNCCCCC1NC(=O)C(CCCN=C(N)N)NC(=O)C(CCCN=C(N)N)NC(=O)C(Cc2ccc3ccccc3c2)NC(=O)C(CCCCNF)NC(=O)C(CCCN=C(N)N)NC(=O)C(CCCN=C(N)N)NC(=O)CNC1=O.FF.FF. The maximum Gasteiger partial charge on any atom is 0.243 e. The summed E-state index contributed by atoms with van der Waals surface area (Å²) in [6.45, 7) is -0.0692. The Balaban J connectivity index is 0.00000925. The first kappa shape index (κ1) is 76.1. The van der Waals surface area contributed by atoms with Gasteiger partial charge in [-0.3, -0.25) is 58.3 Å². The number of guanidine groups is 4. The zero-order valence-corrected chi connectivity index (χ0v) is 48.7. The number of aliphatic imine (C=N–C) groups is 4. The van der Waals surface area contributed by atoms with Crippen LogP contribution in [0, 0.1) is 0 Å². The monoisotopic (exact) mass is 1240 g/mol. The Labute approximate surface area is 500 Å². The molecular formula is C52H87F5N22O8. The van der Waals surface area contributed by atoms with Gasteiger partial charge >= 0.3 is 0 Å². The van der Waals surface area contributed by atoms with Crippen LogP contribution >= 0.6 is 0 Å². The summed E-state index contributed by atoms with van der Waals surface area (Å²) < 4.78 is 45.2. The van der Waals surface area contributed by atoms with Crippen LogP contribution < -0.4 is 99.3 Å². The molecule has 7 atom stereocenters. The molecule has 1 fully saturated rings. The van der Waals surface area contributed by atoms with Gasteiger partial charge in [-0.2, -0.15) is 5.54 Å². The van der Waals surface area contributed by atoms with Crippen molar-refractivity contribution in [2.45, 2.75) is 139 Å². The number of nitrogens with zero attached hydrogens (tertiary/aromatic N) is 4. The van der Waals surface area contributed by atoms with Gasteiger partial charge in [0.05, 0.1) is 6.54 Å². The standard InChI is InChI=1S/C52H87FN22O8.2F2/c1-62-22-6-4-14-34-42(77)67-30-41(76)69-35(16-8-23-63-49(54)55)43(78)72-38(18-10-25-65-51(58)59)45(80)71-36(15-5-7-27-68-53)47(82)75-40(29-31-20-21-32-12-2-3-13-33(32)28-31)48(83)74-39(19-11-26-66-52(60)61)46(81)73-37(44(79)70-34)17-9-24-64-50(56)57;2*1-2/h2-3,12-13,20-21,28,34-40,62,68H,4-11,14-19,22-27,29-30H2,1H3,(H,67,77)(H,69,76)(H,70,79)(H,71,80)(H,72,78)(H,73,81)(H,74,83)(H,75,82)(H4,54,55,63)(H4,56,57,64)(H4,58,59,65)(H4,60,61,66);;. The molecule has 0 aromatic heterocycles. The van der Waals surface area contributed by atoms with Crippen molar-refractivity contribution in [1.82, 2.24) is 53.4 Å². The van der Waals surface area contributed by atoms with Gasteiger partial charge in [0.25, 0.3) is 0 Å².